The summed E-state index contributed by atoms with van der Waals surface area (Å²) in [6.45, 7) is 1.27. The summed E-state index contributed by atoms with van der Waals surface area (Å²) in [6, 6.07) is 10.3. The van der Waals surface area contributed by atoms with E-state index in [1.165, 1.54) is 36.6 Å². The minimum absolute atomic E-state index is 0.00667. The smallest absolute Gasteiger partial charge is 0.311 e. The lowest BCUT2D eigenvalue weighted by atomic mass is 10.2. The summed E-state index contributed by atoms with van der Waals surface area (Å²) in [5.41, 5.74) is 3.41. The molecule has 1 N–H and O–H groups in total. The Labute approximate surface area is 159 Å². The average Bonchev–Trinajstić information content (AvgIpc) is 2.67. The minimum atomic E-state index is -0.588. The Hall–Kier alpha value is -4.08. The molecule has 0 aliphatic carbocycles. The van der Waals surface area contributed by atoms with Crippen LogP contribution in [0.1, 0.15) is 11.1 Å². The molecular formula is C18H16N4O6. The molecule has 2 aromatic rings. The molecular weight excluding hydrogens is 368 g/mol. The van der Waals surface area contributed by atoms with Crippen LogP contribution in [0.15, 0.2) is 53.6 Å². The van der Waals surface area contributed by atoms with Crippen LogP contribution in [-0.4, -0.2) is 28.6 Å². The molecule has 0 aliphatic heterocycles. The normalized spacial score (nSPS) is 10.9. The number of nitro benzene ring substituents is 2. The molecule has 10 heteroatoms. The minimum Gasteiger partial charge on any atom is -0.477 e. The van der Waals surface area contributed by atoms with Crippen LogP contribution in [0.4, 0.5) is 11.4 Å². The fourth-order valence-electron chi connectivity index (χ4n) is 2.08. The number of benzene rings is 2. The number of amides is 1. The van der Waals surface area contributed by atoms with E-state index in [4.69, 9.17) is 4.74 Å². The highest BCUT2D eigenvalue weighted by atomic mass is 16.6. The lowest BCUT2D eigenvalue weighted by Crippen LogP contribution is -2.24. The van der Waals surface area contributed by atoms with E-state index in [2.05, 4.69) is 10.5 Å². The molecule has 10 nitrogen and oxygen atoms in total. The Morgan fingerprint density at radius 2 is 1.86 bits per heavy atom. The number of nitro groups is 2. The number of nitrogens with zero attached hydrogens (tertiary/aromatic N) is 3. The standard InChI is InChI=1S/C18H16N4O6/c1-13-4-9-17(16(11-13)22(26)27)28-12-18(23)20-19-10-2-3-14-5-7-15(8-6-14)21(24)25/h2-11H,12H2,1H3,(H,20,23)/b3-2+,19-10-. The molecule has 0 saturated carbocycles. The van der Waals surface area contributed by atoms with Gasteiger partial charge in [-0.1, -0.05) is 12.1 Å². The second-order valence-corrected chi connectivity index (χ2v) is 5.54. The van der Waals surface area contributed by atoms with Crippen molar-refractivity contribution in [2.24, 2.45) is 5.10 Å². The zero-order valence-corrected chi connectivity index (χ0v) is 14.8. The van der Waals surface area contributed by atoms with Crippen molar-refractivity contribution in [1.29, 1.82) is 0 Å². The Balaban J connectivity index is 1.82. The van der Waals surface area contributed by atoms with Crippen molar-refractivity contribution in [2.75, 3.05) is 6.61 Å². The molecule has 0 bridgehead atoms. The molecule has 2 aromatic carbocycles. The summed E-state index contributed by atoms with van der Waals surface area (Å²) in [4.78, 5) is 32.2. The van der Waals surface area contributed by atoms with Crippen molar-refractivity contribution in [1.82, 2.24) is 5.43 Å². The number of ether oxygens (including phenoxy) is 1. The maximum absolute atomic E-state index is 11.7. The number of nitrogens with one attached hydrogen (secondary N) is 1. The average molecular weight is 384 g/mol. The van der Waals surface area contributed by atoms with Gasteiger partial charge in [0.1, 0.15) is 0 Å². The van der Waals surface area contributed by atoms with Crippen LogP contribution in [0.3, 0.4) is 0 Å². The van der Waals surface area contributed by atoms with Gasteiger partial charge in [0.2, 0.25) is 0 Å². The quantitative estimate of drug-likeness (QED) is 0.422. The van der Waals surface area contributed by atoms with Gasteiger partial charge in [0.15, 0.2) is 12.4 Å². The zero-order chi connectivity index (χ0) is 20.5. The van der Waals surface area contributed by atoms with Crippen LogP contribution < -0.4 is 10.2 Å². The Kier molecular flexibility index (Phi) is 6.92. The van der Waals surface area contributed by atoms with Crippen molar-refractivity contribution in [2.45, 2.75) is 6.92 Å². The van der Waals surface area contributed by atoms with E-state index in [-0.39, 0.29) is 17.1 Å². The van der Waals surface area contributed by atoms with Crippen molar-refractivity contribution >= 4 is 29.6 Å². The first kappa shape index (κ1) is 20.2. The number of carbonyl (C=O) groups is 1. The molecule has 2 rings (SSSR count). The molecule has 0 spiro atoms. The first-order chi connectivity index (χ1) is 13.4. The molecule has 0 radical (unpaired) electrons. The predicted molar refractivity (Wildman–Crippen MR) is 102 cm³/mol. The summed E-state index contributed by atoms with van der Waals surface area (Å²) in [5, 5.41) is 25.2. The fraction of sp³-hybridized carbons (Fsp3) is 0.111. The van der Waals surface area contributed by atoms with E-state index in [0.717, 1.165) is 5.56 Å². The summed E-state index contributed by atoms with van der Waals surface area (Å²) in [5.74, 6) is -0.595. The molecule has 1 amide bonds. The van der Waals surface area contributed by atoms with Gasteiger partial charge in [-0.3, -0.25) is 25.0 Å². The number of hydrogen-bond donors (Lipinski definition) is 1. The van der Waals surface area contributed by atoms with E-state index < -0.39 is 22.4 Å². The first-order valence-electron chi connectivity index (χ1n) is 7.97. The SMILES string of the molecule is Cc1ccc(OCC(=O)N/N=C\C=C\c2ccc([N+](=O)[O-])cc2)c([N+](=O)[O-])c1. The van der Waals surface area contributed by atoms with Crippen LogP contribution in [-0.2, 0) is 4.79 Å². The number of carbonyl (C=O) groups excluding carboxylic acids is 1. The molecule has 0 heterocycles. The van der Waals surface area contributed by atoms with Crippen LogP contribution in [0.2, 0.25) is 0 Å². The zero-order valence-electron chi connectivity index (χ0n) is 14.8. The molecule has 28 heavy (non-hydrogen) atoms. The largest absolute Gasteiger partial charge is 0.477 e. The molecule has 0 unspecified atom stereocenters. The van der Waals surface area contributed by atoms with Gasteiger partial charge < -0.3 is 4.74 Å². The summed E-state index contributed by atoms with van der Waals surface area (Å²) in [6.07, 6.45) is 4.49. The predicted octanol–water partition coefficient (Wildman–Crippen LogP) is 3.01. The van der Waals surface area contributed by atoms with Crippen LogP contribution >= 0.6 is 0 Å². The summed E-state index contributed by atoms with van der Waals surface area (Å²) in [7, 11) is 0. The topological polar surface area (TPSA) is 137 Å². The third-order valence-corrected chi connectivity index (χ3v) is 3.41. The Morgan fingerprint density at radius 1 is 1.14 bits per heavy atom. The van der Waals surface area contributed by atoms with Gasteiger partial charge in [-0.25, -0.2) is 5.43 Å². The summed E-state index contributed by atoms with van der Waals surface area (Å²) >= 11 is 0. The lowest BCUT2D eigenvalue weighted by molar-refractivity contribution is -0.385. The molecule has 0 atom stereocenters. The van der Waals surface area contributed by atoms with Crippen molar-refractivity contribution in [3.05, 3.63) is 79.9 Å². The number of hydrogen-bond acceptors (Lipinski definition) is 7. The second kappa shape index (κ2) is 9.57. The van der Waals surface area contributed by atoms with Gasteiger partial charge in [0, 0.05) is 24.4 Å². The van der Waals surface area contributed by atoms with Gasteiger partial charge >= 0.3 is 5.69 Å². The fourth-order valence-corrected chi connectivity index (χ4v) is 2.08. The second-order valence-electron chi connectivity index (χ2n) is 5.54. The van der Waals surface area contributed by atoms with Gasteiger partial charge in [0.05, 0.1) is 9.85 Å². The molecule has 0 aromatic heterocycles. The van der Waals surface area contributed by atoms with Crippen LogP contribution in [0.25, 0.3) is 6.08 Å². The molecule has 0 saturated heterocycles. The van der Waals surface area contributed by atoms with Crippen molar-refractivity contribution < 1.29 is 19.4 Å². The van der Waals surface area contributed by atoms with Gasteiger partial charge in [-0.05, 0) is 42.3 Å². The molecule has 0 aliphatic rings. The van der Waals surface area contributed by atoms with E-state index in [1.807, 2.05) is 0 Å². The highest BCUT2D eigenvalue weighted by Gasteiger charge is 2.16. The lowest BCUT2D eigenvalue weighted by Gasteiger charge is -2.06. The summed E-state index contributed by atoms with van der Waals surface area (Å²) < 4.78 is 5.17. The number of hydrazone groups is 1. The highest BCUT2D eigenvalue weighted by Crippen LogP contribution is 2.27. The first-order valence-corrected chi connectivity index (χ1v) is 7.97. The highest BCUT2D eigenvalue weighted by molar-refractivity contribution is 5.82. The molecule has 144 valence electrons. The number of allylic oxidation sites excluding steroid dienone is 1. The van der Waals surface area contributed by atoms with Crippen LogP contribution in [0.5, 0.6) is 5.75 Å². The maximum Gasteiger partial charge on any atom is 0.311 e. The third kappa shape index (κ3) is 6.02. The van der Waals surface area contributed by atoms with Gasteiger partial charge in [-0.15, -0.1) is 0 Å². The number of aryl methyl sites for hydroxylation is 1. The van der Waals surface area contributed by atoms with Crippen LogP contribution in [0, 0.1) is 27.2 Å². The number of rotatable bonds is 8. The van der Waals surface area contributed by atoms with Crippen molar-refractivity contribution in [3.63, 3.8) is 0 Å². The van der Waals surface area contributed by atoms with E-state index in [1.54, 1.807) is 31.2 Å². The van der Waals surface area contributed by atoms with Gasteiger partial charge in [0.25, 0.3) is 11.6 Å². The Morgan fingerprint density at radius 3 is 2.50 bits per heavy atom. The number of non-ortho nitro benzene ring substituents is 1. The monoisotopic (exact) mass is 384 g/mol. The molecule has 0 fully saturated rings. The van der Waals surface area contributed by atoms with E-state index in [0.29, 0.717) is 5.56 Å². The Bertz CT molecular complexity index is 938. The van der Waals surface area contributed by atoms with Crippen molar-refractivity contribution in [3.8, 4) is 5.75 Å². The van der Waals surface area contributed by atoms with Gasteiger partial charge in [-0.2, -0.15) is 5.10 Å². The van der Waals surface area contributed by atoms with E-state index >= 15 is 0 Å². The third-order valence-electron chi connectivity index (χ3n) is 3.41. The maximum atomic E-state index is 11.7. The van der Waals surface area contributed by atoms with E-state index in [9.17, 15) is 25.0 Å².